The van der Waals surface area contributed by atoms with Crippen LogP contribution in [0.15, 0.2) is 54.1 Å². The van der Waals surface area contributed by atoms with Gasteiger partial charge in [-0.25, -0.2) is 0 Å². The molecule has 1 fully saturated rings. The standard InChI is InChI=1S/C23H24N4O3/c28-21-3-1-2-20(23(21)29)27-13-18(22(25-27)14-8-10-24-11-9-14)16-4-6-17-15(12-16)5-7-19(17)26-30/h4,6,8-13,20-21,23,28-30H,1-3,5,7H2/b26-19+/t20-,21?,23?/m0/s1. The number of aromatic nitrogens is 3. The van der Waals surface area contributed by atoms with Crippen molar-refractivity contribution >= 4 is 5.71 Å². The highest BCUT2D eigenvalue weighted by molar-refractivity contribution is 6.04. The fraction of sp³-hybridized carbons (Fsp3) is 0.348. The third-order valence-electron chi connectivity index (χ3n) is 6.29. The molecule has 2 aromatic heterocycles. The van der Waals surface area contributed by atoms with Gasteiger partial charge >= 0.3 is 0 Å². The number of aliphatic hydroxyl groups excluding tert-OH is 2. The lowest BCUT2D eigenvalue weighted by Gasteiger charge is -2.31. The molecule has 2 aliphatic carbocycles. The van der Waals surface area contributed by atoms with Gasteiger partial charge in [0.15, 0.2) is 0 Å². The maximum atomic E-state index is 10.6. The van der Waals surface area contributed by atoms with E-state index >= 15 is 0 Å². The summed E-state index contributed by atoms with van der Waals surface area (Å²) in [5.74, 6) is 0. The van der Waals surface area contributed by atoms with E-state index in [-0.39, 0.29) is 6.04 Å². The van der Waals surface area contributed by atoms with Crippen LogP contribution >= 0.6 is 0 Å². The Morgan fingerprint density at radius 1 is 0.967 bits per heavy atom. The molecule has 30 heavy (non-hydrogen) atoms. The number of nitrogens with zero attached hydrogens (tertiary/aromatic N) is 4. The quantitative estimate of drug-likeness (QED) is 0.459. The van der Waals surface area contributed by atoms with Crippen molar-refractivity contribution in [3.8, 4) is 22.4 Å². The number of rotatable bonds is 3. The second-order valence-electron chi connectivity index (χ2n) is 8.08. The lowest BCUT2D eigenvalue weighted by Crippen LogP contribution is -2.38. The minimum Gasteiger partial charge on any atom is -0.411 e. The number of hydrogen-bond donors (Lipinski definition) is 3. The van der Waals surface area contributed by atoms with E-state index in [9.17, 15) is 15.4 Å². The maximum absolute atomic E-state index is 10.6. The largest absolute Gasteiger partial charge is 0.411 e. The molecule has 0 saturated heterocycles. The van der Waals surface area contributed by atoms with Gasteiger partial charge in [-0.15, -0.1) is 0 Å². The topological polar surface area (TPSA) is 104 Å². The van der Waals surface area contributed by atoms with Gasteiger partial charge in [0.25, 0.3) is 0 Å². The first-order chi connectivity index (χ1) is 14.7. The summed E-state index contributed by atoms with van der Waals surface area (Å²) in [6.45, 7) is 0. The van der Waals surface area contributed by atoms with Crippen LogP contribution < -0.4 is 0 Å². The molecule has 2 heterocycles. The summed E-state index contributed by atoms with van der Waals surface area (Å²) in [5.41, 5.74) is 6.62. The smallest absolute Gasteiger partial charge is 0.102 e. The zero-order valence-electron chi connectivity index (χ0n) is 16.5. The normalized spacial score (nSPS) is 24.9. The zero-order chi connectivity index (χ0) is 20.7. The van der Waals surface area contributed by atoms with Gasteiger partial charge in [0.2, 0.25) is 0 Å². The SMILES string of the molecule is O/N=C1\CCc2cc(-c3cn([C@H]4CCCC(O)C4O)nc3-c3ccncc3)ccc21. The van der Waals surface area contributed by atoms with Gasteiger partial charge in [0, 0.05) is 35.3 Å². The monoisotopic (exact) mass is 404 g/mol. The van der Waals surface area contributed by atoms with E-state index in [0.29, 0.717) is 6.42 Å². The Bertz CT molecular complexity index is 1090. The van der Waals surface area contributed by atoms with Crippen molar-refractivity contribution < 1.29 is 15.4 Å². The molecule has 0 spiro atoms. The minimum absolute atomic E-state index is 0.259. The molecule has 0 amide bonds. The van der Waals surface area contributed by atoms with E-state index in [1.165, 1.54) is 0 Å². The molecule has 0 bridgehead atoms. The highest BCUT2D eigenvalue weighted by Crippen LogP contribution is 2.37. The first-order valence-corrected chi connectivity index (χ1v) is 10.4. The van der Waals surface area contributed by atoms with Crippen LogP contribution in [0, 0.1) is 0 Å². The number of aryl methyl sites for hydroxylation is 1. The number of benzene rings is 1. The minimum atomic E-state index is -0.833. The van der Waals surface area contributed by atoms with Gasteiger partial charge in [0.1, 0.15) is 11.8 Å². The van der Waals surface area contributed by atoms with Crippen molar-refractivity contribution in [2.45, 2.75) is 50.4 Å². The summed E-state index contributed by atoms with van der Waals surface area (Å²) in [6.07, 6.45) is 7.71. The summed E-state index contributed by atoms with van der Waals surface area (Å²) in [4.78, 5) is 4.11. The molecule has 0 radical (unpaired) electrons. The van der Waals surface area contributed by atoms with Crippen molar-refractivity contribution in [2.75, 3.05) is 0 Å². The second-order valence-corrected chi connectivity index (χ2v) is 8.08. The molecule has 7 heteroatoms. The summed E-state index contributed by atoms with van der Waals surface area (Å²) in [6, 6.07) is 9.74. The van der Waals surface area contributed by atoms with Crippen molar-refractivity contribution in [3.05, 3.63) is 60.0 Å². The van der Waals surface area contributed by atoms with Gasteiger partial charge in [-0.2, -0.15) is 5.10 Å². The first-order valence-electron chi connectivity index (χ1n) is 10.4. The van der Waals surface area contributed by atoms with Gasteiger partial charge in [-0.05, 0) is 55.4 Å². The van der Waals surface area contributed by atoms with Crippen LogP contribution in [-0.2, 0) is 6.42 Å². The highest BCUT2D eigenvalue weighted by atomic mass is 16.4. The van der Waals surface area contributed by atoms with E-state index in [1.54, 1.807) is 12.4 Å². The summed E-state index contributed by atoms with van der Waals surface area (Å²) in [7, 11) is 0. The summed E-state index contributed by atoms with van der Waals surface area (Å²) in [5, 5.41) is 38.2. The molecule has 1 aromatic carbocycles. The lowest BCUT2D eigenvalue weighted by atomic mass is 9.90. The van der Waals surface area contributed by atoms with Gasteiger partial charge in [-0.1, -0.05) is 23.4 Å². The van der Waals surface area contributed by atoms with Crippen LogP contribution in [0.25, 0.3) is 22.4 Å². The number of hydrogen-bond acceptors (Lipinski definition) is 6. The molecule has 3 atom stereocenters. The zero-order valence-corrected chi connectivity index (χ0v) is 16.5. The van der Waals surface area contributed by atoms with E-state index in [1.807, 2.05) is 35.1 Å². The van der Waals surface area contributed by atoms with Gasteiger partial charge in [-0.3, -0.25) is 9.67 Å². The van der Waals surface area contributed by atoms with Crippen LogP contribution in [0.2, 0.25) is 0 Å². The number of oxime groups is 1. The van der Waals surface area contributed by atoms with Crippen LogP contribution in [-0.4, -0.2) is 48.1 Å². The highest BCUT2D eigenvalue weighted by Gasteiger charge is 2.33. The van der Waals surface area contributed by atoms with Crippen molar-refractivity contribution in [2.24, 2.45) is 5.16 Å². The average molecular weight is 404 g/mol. The van der Waals surface area contributed by atoms with Crippen LogP contribution in [0.1, 0.15) is 42.9 Å². The molecule has 3 N–H and O–H groups in total. The van der Waals surface area contributed by atoms with Crippen LogP contribution in [0.4, 0.5) is 0 Å². The third kappa shape index (κ3) is 3.20. The van der Waals surface area contributed by atoms with E-state index in [0.717, 1.165) is 64.9 Å². The third-order valence-corrected chi connectivity index (χ3v) is 6.29. The molecule has 5 rings (SSSR count). The molecule has 154 valence electrons. The van der Waals surface area contributed by atoms with Crippen molar-refractivity contribution in [1.82, 2.24) is 14.8 Å². The fourth-order valence-corrected chi connectivity index (χ4v) is 4.66. The fourth-order valence-electron chi connectivity index (χ4n) is 4.66. The van der Waals surface area contributed by atoms with E-state index in [4.69, 9.17) is 5.10 Å². The van der Waals surface area contributed by atoms with E-state index in [2.05, 4.69) is 16.2 Å². The first kappa shape index (κ1) is 19.0. The maximum Gasteiger partial charge on any atom is 0.102 e. The van der Waals surface area contributed by atoms with Gasteiger partial charge < -0.3 is 15.4 Å². The molecule has 3 aromatic rings. The van der Waals surface area contributed by atoms with Crippen molar-refractivity contribution in [1.29, 1.82) is 0 Å². The molecule has 1 saturated carbocycles. The number of aliphatic hydroxyl groups is 2. The summed E-state index contributed by atoms with van der Waals surface area (Å²) >= 11 is 0. The second kappa shape index (κ2) is 7.66. The Balaban J connectivity index is 1.61. The molecule has 2 unspecified atom stereocenters. The average Bonchev–Trinajstić information content (AvgIpc) is 3.40. The Morgan fingerprint density at radius 2 is 1.80 bits per heavy atom. The Kier molecular flexibility index (Phi) is 4.84. The molecule has 2 aliphatic rings. The Morgan fingerprint density at radius 3 is 2.60 bits per heavy atom. The van der Waals surface area contributed by atoms with Crippen molar-refractivity contribution in [3.63, 3.8) is 0 Å². The summed E-state index contributed by atoms with van der Waals surface area (Å²) < 4.78 is 1.81. The van der Waals surface area contributed by atoms with Crippen LogP contribution in [0.5, 0.6) is 0 Å². The molecule has 0 aliphatic heterocycles. The predicted octanol–water partition coefficient (Wildman–Crippen LogP) is 3.18. The van der Waals surface area contributed by atoms with Crippen LogP contribution in [0.3, 0.4) is 0 Å². The Labute approximate surface area is 174 Å². The lowest BCUT2D eigenvalue weighted by molar-refractivity contribution is -0.0425. The number of fused-ring (bicyclic) bond motifs is 1. The van der Waals surface area contributed by atoms with E-state index < -0.39 is 12.2 Å². The molecular formula is C23H24N4O3. The predicted molar refractivity (Wildman–Crippen MR) is 112 cm³/mol. The molecule has 7 nitrogen and oxygen atoms in total. The number of pyridine rings is 1. The van der Waals surface area contributed by atoms with Gasteiger partial charge in [0.05, 0.1) is 17.9 Å². The molecular weight excluding hydrogens is 380 g/mol. The Hall–Kier alpha value is -3.03.